The van der Waals surface area contributed by atoms with Crippen LogP contribution in [0.2, 0.25) is 0 Å². The summed E-state index contributed by atoms with van der Waals surface area (Å²) in [6.45, 7) is 7.57. The fraction of sp³-hybridized carbons (Fsp3) is 0.375. The maximum absolute atomic E-state index is 11.9. The van der Waals surface area contributed by atoms with Crippen LogP contribution >= 0.6 is 0 Å². The van der Waals surface area contributed by atoms with Gasteiger partial charge in [0.1, 0.15) is 11.9 Å². The van der Waals surface area contributed by atoms with Gasteiger partial charge in [0, 0.05) is 26.2 Å². The molecule has 24 heavy (non-hydrogen) atoms. The van der Waals surface area contributed by atoms with E-state index in [1.54, 1.807) is 25.3 Å². The van der Waals surface area contributed by atoms with E-state index in [1.807, 2.05) is 6.07 Å². The molecule has 1 amide bonds. The van der Waals surface area contributed by atoms with Crippen LogP contribution in [-0.4, -0.2) is 47.3 Å². The summed E-state index contributed by atoms with van der Waals surface area (Å²) >= 11 is 0. The number of carbonyl (C=O) groups is 1. The van der Waals surface area contributed by atoms with Crippen LogP contribution < -0.4 is 10.2 Å². The smallest absolute Gasteiger partial charge is 0.253 e. The topological polar surface area (TPSA) is 93.4 Å². The van der Waals surface area contributed by atoms with Crippen molar-refractivity contribution in [2.75, 3.05) is 31.1 Å². The maximum Gasteiger partial charge on any atom is 0.253 e. The van der Waals surface area contributed by atoms with Crippen molar-refractivity contribution < 1.29 is 14.1 Å². The summed E-state index contributed by atoms with van der Waals surface area (Å²) < 4.78 is 10.7. The summed E-state index contributed by atoms with van der Waals surface area (Å²) in [5.74, 6) is 1.66. The molecule has 1 atom stereocenters. The van der Waals surface area contributed by atoms with Crippen molar-refractivity contribution in [2.24, 2.45) is 0 Å². The molecule has 1 N–H and O–H groups in total. The average molecular weight is 329 g/mol. The van der Waals surface area contributed by atoms with Crippen LogP contribution in [0.4, 0.5) is 5.82 Å². The average Bonchev–Trinajstić information content (AvgIpc) is 3.06. The lowest BCUT2D eigenvalue weighted by molar-refractivity contribution is 0.0323. The predicted octanol–water partition coefficient (Wildman–Crippen LogP) is 1.27. The Bertz CT molecular complexity index is 713. The molecule has 2 aromatic rings. The van der Waals surface area contributed by atoms with Gasteiger partial charge in [-0.05, 0) is 12.1 Å². The van der Waals surface area contributed by atoms with Gasteiger partial charge < -0.3 is 19.5 Å². The minimum atomic E-state index is -0.256. The van der Waals surface area contributed by atoms with Gasteiger partial charge in [0.15, 0.2) is 0 Å². The molecule has 1 fully saturated rings. The standard InChI is InChI=1S/C16H19N5O3/c1-3-6-17-16(22)12-4-5-14(18-9-12)21-7-8-23-13(10-21)15-19-11(2)24-20-15/h3-5,9,13H,1,6-8,10H2,2H3,(H,17,22)/t13-/m1/s1. The first-order valence-electron chi connectivity index (χ1n) is 7.69. The molecule has 1 saturated heterocycles. The third kappa shape index (κ3) is 3.60. The molecule has 0 bridgehead atoms. The van der Waals surface area contributed by atoms with Gasteiger partial charge in [0.25, 0.3) is 5.91 Å². The Kier molecular flexibility index (Phi) is 4.85. The number of amides is 1. The Balaban J connectivity index is 1.67. The third-order valence-corrected chi connectivity index (χ3v) is 3.64. The van der Waals surface area contributed by atoms with Crippen molar-refractivity contribution in [1.82, 2.24) is 20.4 Å². The lowest BCUT2D eigenvalue weighted by Gasteiger charge is -2.32. The first-order chi connectivity index (χ1) is 11.7. The van der Waals surface area contributed by atoms with Gasteiger partial charge in [-0.3, -0.25) is 4.79 Å². The Hall–Kier alpha value is -2.74. The second-order valence-corrected chi connectivity index (χ2v) is 5.38. The van der Waals surface area contributed by atoms with Crippen LogP contribution in [0.3, 0.4) is 0 Å². The van der Waals surface area contributed by atoms with Gasteiger partial charge in [0.05, 0.1) is 18.7 Å². The van der Waals surface area contributed by atoms with Gasteiger partial charge in [-0.2, -0.15) is 4.98 Å². The minimum absolute atomic E-state index is 0.170. The first-order valence-corrected chi connectivity index (χ1v) is 7.69. The van der Waals surface area contributed by atoms with Gasteiger partial charge in [-0.1, -0.05) is 11.2 Å². The van der Waals surface area contributed by atoms with E-state index >= 15 is 0 Å². The van der Waals surface area contributed by atoms with E-state index in [2.05, 4.69) is 31.9 Å². The Morgan fingerprint density at radius 2 is 2.42 bits per heavy atom. The molecule has 8 nitrogen and oxygen atoms in total. The molecule has 3 heterocycles. The lowest BCUT2D eigenvalue weighted by atomic mass is 10.2. The highest BCUT2D eigenvalue weighted by Gasteiger charge is 2.26. The van der Waals surface area contributed by atoms with E-state index in [0.29, 0.717) is 43.5 Å². The fourth-order valence-corrected chi connectivity index (χ4v) is 2.43. The van der Waals surface area contributed by atoms with E-state index in [4.69, 9.17) is 9.26 Å². The van der Waals surface area contributed by atoms with E-state index in [9.17, 15) is 4.79 Å². The molecule has 0 aliphatic carbocycles. The van der Waals surface area contributed by atoms with E-state index in [-0.39, 0.29) is 12.0 Å². The molecule has 0 spiro atoms. The number of hydrogen-bond donors (Lipinski definition) is 1. The molecule has 8 heteroatoms. The lowest BCUT2D eigenvalue weighted by Crippen LogP contribution is -2.39. The zero-order valence-corrected chi connectivity index (χ0v) is 13.4. The van der Waals surface area contributed by atoms with Crippen LogP contribution in [0.15, 0.2) is 35.5 Å². The van der Waals surface area contributed by atoms with Crippen LogP contribution in [0, 0.1) is 6.92 Å². The maximum atomic E-state index is 11.9. The van der Waals surface area contributed by atoms with Gasteiger partial charge in [-0.25, -0.2) is 4.98 Å². The number of morpholine rings is 1. The highest BCUT2D eigenvalue weighted by molar-refractivity contribution is 5.94. The summed E-state index contributed by atoms with van der Waals surface area (Å²) in [5, 5.41) is 6.64. The molecule has 0 radical (unpaired) electrons. The zero-order valence-electron chi connectivity index (χ0n) is 13.4. The molecule has 1 aliphatic rings. The quantitative estimate of drug-likeness (QED) is 0.826. The van der Waals surface area contributed by atoms with Gasteiger partial charge in [0.2, 0.25) is 11.7 Å². The Labute approximate surface area is 139 Å². The second-order valence-electron chi connectivity index (χ2n) is 5.38. The molecule has 0 unspecified atom stereocenters. The Morgan fingerprint density at radius 3 is 3.08 bits per heavy atom. The molecule has 3 rings (SSSR count). The first kappa shape index (κ1) is 16.1. The summed E-state index contributed by atoms with van der Waals surface area (Å²) in [7, 11) is 0. The number of ether oxygens (including phenoxy) is 1. The van der Waals surface area contributed by atoms with Gasteiger partial charge in [-0.15, -0.1) is 6.58 Å². The number of hydrogen-bond acceptors (Lipinski definition) is 7. The molecule has 2 aromatic heterocycles. The van der Waals surface area contributed by atoms with E-state index in [0.717, 1.165) is 5.82 Å². The number of anilines is 1. The SMILES string of the molecule is C=CCNC(=O)c1ccc(N2CCO[C@@H](c3noc(C)n3)C2)nc1. The van der Waals surface area contributed by atoms with E-state index in [1.165, 1.54) is 0 Å². The van der Waals surface area contributed by atoms with Crippen molar-refractivity contribution in [2.45, 2.75) is 13.0 Å². The largest absolute Gasteiger partial charge is 0.366 e. The number of nitrogens with one attached hydrogen (secondary N) is 1. The molecule has 1 aliphatic heterocycles. The molecular formula is C16H19N5O3. The molecule has 0 saturated carbocycles. The number of rotatable bonds is 5. The molecule has 0 aromatic carbocycles. The highest BCUT2D eigenvalue weighted by atomic mass is 16.5. The van der Waals surface area contributed by atoms with Crippen LogP contribution in [0.5, 0.6) is 0 Å². The molecule has 126 valence electrons. The zero-order chi connectivity index (χ0) is 16.9. The van der Waals surface area contributed by atoms with Crippen LogP contribution in [0.1, 0.15) is 28.2 Å². The minimum Gasteiger partial charge on any atom is -0.366 e. The van der Waals surface area contributed by atoms with Crippen molar-refractivity contribution in [1.29, 1.82) is 0 Å². The Morgan fingerprint density at radius 1 is 1.54 bits per heavy atom. The van der Waals surface area contributed by atoms with Crippen molar-refractivity contribution in [3.63, 3.8) is 0 Å². The van der Waals surface area contributed by atoms with Crippen LogP contribution in [0.25, 0.3) is 0 Å². The summed E-state index contributed by atoms with van der Waals surface area (Å²) in [6.07, 6.45) is 2.94. The number of aryl methyl sites for hydroxylation is 1. The van der Waals surface area contributed by atoms with Crippen LogP contribution in [-0.2, 0) is 4.74 Å². The van der Waals surface area contributed by atoms with Crippen molar-refractivity contribution in [3.05, 3.63) is 48.3 Å². The van der Waals surface area contributed by atoms with Gasteiger partial charge >= 0.3 is 0 Å². The van der Waals surface area contributed by atoms with Crippen molar-refractivity contribution >= 4 is 11.7 Å². The summed E-state index contributed by atoms with van der Waals surface area (Å²) in [4.78, 5) is 22.5. The number of pyridine rings is 1. The second kappa shape index (κ2) is 7.22. The number of carbonyl (C=O) groups excluding carboxylic acids is 1. The normalized spacial score (nSPS) is 17.5. The third-order valence-electron chi connectivity index (χ3n) is 3.64. The monoisotopic (exact) mass is 329 g/mol. The number of aromatic nitrogens is 3. The summed E-state index contributed by atoms with van der Waals surface area (Å²) in [5.41, 5.74) is 0.513. The number of nitrogens with zero attached hydrogens (tertiary/aromatic N) is 4. The highest BCUT2D eigenvalue weighted by Crippen LogP contribution is 2.23. The fourth-order valence-electron chi connectivity index (χ4n) is 2.43. The van der Waals surface area contributed by atoms with Crippen molar-refractivity contribution in [3.8, 4) is 0 Å². The molecular weight excluding hydrogens is 310 g/mol. The predicted molar refractivity (Wildman–Crippen MR) is 86.7 cm³/mol. The summed E-state index contributed by atoms with van der Waals surface area (Å²) in [6, 6.07) is 3.58. The van der Waals surface area contributed by atoms with E-state index < -0.39 is 0 Å².